The first-order valence-electron chi connectivity index (χ1n) is 17.0. The van der Waals surface area contributed by atoms with Crippen molar-refractivity contribution in [3.05, 3.63) is 12.2 Å². The molecule has 9 heteroatoms. The highest BCUT2D eigenvalue weighted by atomic mass is 35.5. The number of primary amides is 1. The molecule has 0 fully saturated rings. The van der Waals surface area contributed by atoms with Crippen LogP contribution >= 0.6 is 23.2 Å². The second-order valence-electron chi connectivity index (χ2n) is 11.1. The van der Waals surface area contributed by atoms with Gasteiger partial charge in [-0.3, -0.25) is 0 Å². The van der Waals surface area contributed by atoms with Crippen LogP contribution in [-0.2, 0) is 23.8 Å². The van der Waals surface area contributed by atoms with Crippen molar-refractivity contribution >= 4 is 41.2 Å². The van der Waals surface area contributed by atoms with Crippen molar-refractivity contribution in [3.8, 4) is 0 Å². The minimum Gasteiger partial charge on any atom is -0.463 e. The van der Waals surface area contributed by atoms with E-state index in [2.05, 4.69) is 24.3 Å². The zero-order valence-electron chi connectivity index (χ0n) is 27.4. The van der Waals surface area contributed by atoms with Gasteiger partial charge in [-0.2, -0.15) is 0 Å². The van der Waals surface area contributed by atoms with Gasteiger partial charge in [0, 0.05) is 12.2 Å². The van der Waals surface area contributed by atoms with E-state index < -0.39 is 24.1 Å². The predicted molar refractivity (Wildman–Crippen MR) is 180 cm³/mol. The lowest BCUT2D eigenvalue weighted by Gasteiger charge is -2.08. The number of amides is 1. The Labute approximate surface area is 273 Å². The summed E-state index contributed by atoms with van der Waals surface area (Å²) in [5, 5.41) is 0. The second kappa shape index (κ2) is 36.7. The van der Waals surface area contributed by atoms with E-state index in [-0.39, 0.29) is 11.8 Å². The van der Waals surface area contributed by atoms with Gasteiger partial charge in [0.15, 0.2) is 0 Å². The van der Waals surface area contributed by atoms with E-state index in [1.54, 1.807) is 0 Å². The molecule has 0 aromatic carbocycles. The molecule has 0 spiro atoms. The van der Waals surface area contributed by atoms with E-state index in [0.717, 1.165) is 25.7 Å². The van der Waals surface area contributed by atoms with Gasteiger partial charge in [-0.25, -0.2) is 14.4 Å². The quantitative estimate of drug-likeness (QED) is 0.0283. The van der Waals surface area contributed by atoms with Crippen molar-refractivity contribution in [2.45, 2.75) is 161 Å². The van der Waals surface area contributed by atoms with Crippen LogP contribution in [0.15, 0.2) is 12.2 Å². The summed E-state index contributed by atoms with van der Waals surface area (Å²) in [6, 6.07) is 0. The molecule has 0 rings (SSSR count). The number of alkyl halides is 2. The number of hydrogen-bond donors (Lipinski definition) is 1. The van der Waals surface area contributed by atoms with Crippen LogP contribution in [-0.4, -0.2) is 49.1 Å². The molecule has 0 bridgehead atoms. The zero-order chi connectivity index (χ0) is 32.2. The maximum Gasteiger partial charge on any atom is 0.404 e. The summed E-state index contributed by atoms with van der Waals surface area (Å²) >= 11 is 10.6. The minimum atomic E-state index is -0.846. The van der Waals surface area contributed by atoms with Crippen LogP contribution in [0.4, 0.5) is 4.79 Å². The fraction of sp³-hybridized carbons (Fsp3) is 0.853. The molecule has 0 unspecified atom stereocenters. The lowest BCUT2D eigenvalue weighted by molar-refractivity contribution is -0.140. The number of hydrogen-bond acceptors (Lipinski definition) is 6. The van der Waals surface area contributed by atoms with Crippen molar-refractivity contribution in [2.24, 2.45) is 5.73 Å². The third-order valence-corrected chi connectivity index (χ3v) is 7.66. The van der Waals surface area contributed by atoms with E-state index in [1.807, 2.05) is 0 Å². The fourth-order valence-corrected chi connectivity index (χ4v) is 4.83. The lowest BCUT2D eigenvalue weighted by Crippen LogP contribution is -2.25. The molecular formula is C34H63Cl2NO6. The number of halogens is 2. The number of esters is 2. The molecule has 0 aliphatic rings. The standard InChI is InChI=1S/C30H56O4.C4H7Cl2NO2/c1-3-5-7-9-11-13-15-17-19-21-23-27-33-29(31)25-26-30(32)34-28-24-22-20-18-16-14-12-10-8-6-4-2;5-1-3(2-6)9-4(7)8/h25-26H,3-24,27-28H2,1-2H3;3H,1-2H2,(H2,7,8)/b26-25+;. The van der Waals surface area contributed by atoms with Gasteiger partial charge in [-0.1, -0.05) is 142 Å². The van der Waals surface area contributed by atoms with Gasteiger partial charge >= 0.3 is 18.0 Å². The lowest BCUT2D eigenvalue weighted by atomic mass is 10.1. The predicted octanol–water partition coefficient (Wildman–Crippen LogP) is 10.2. The molecule has 0 saturated heterocycles. The molecule has 0 aliphatic carbocycles. The van der Waals surface area contributed by atoms with E-state index in [0.29, 0.717) is 13.2 Å². The van der Waals surface area contributed by atoms with Crippen molar-refractivity contribution in [1.29, 1.82) is 0 Å². The number of nitrogens with two attached hydrogens (primary N) is 1. The van der Waals surface area contributed by atoms with Crippen molar-refractivity contribution in [3.63, 3.8) is 0 Å². The van der Waals surface area contributed by atoms with E-state index in [9.17, 15) is 14.4 Å². The summed E-state index contributed by atoms with van der Waals surface area (Å²) in [6.45, 7) is 5.35. The number of rotatable bonds is 29. The Balaban J connectivity index is 0. The Morgan fingerprint density at radius 3 is 1.05 bits per heavy atom. The molecule has 0 radical (unpaired) electrons. The van der Waals surface area contributed by atoms with Gasteiger partial charge in [-0.05, 0) is 12.8 Å². The van der Waals surface area contributed by atoms with Crippen LogP contribution in [0.5, 0.6) is 0 Å². The van der Waals surface area contributed by atoms with E-state index in [4.69, 9.17) is 32.7 Å². The Bertz CT molecular complexity index is 617. The normalized spacial score (nSPS) is 10.9. The Kier molecular flexibility index (Phi) is 37.3. The van der Waals surface area contributed by atoms with Gasteiger partial charge < -0.3 is 19.9 Å². The maximum atomic E-state index is 11.7. The van der Waals surface area contributed by atoms with E-state index in [1.165, 1.54) is 128 Å². The average molecular weight is 653 g/mol. The molecule has 43 heavy (non-hydrogen) atoms. The number of ether oxygens (including phenoxy) is 3. The first-order chi connectivity index (χ1) is 20.9. The molecule has 0 aromatic heterocycles. The Morgan fingerprint density at radius 2 is 0.814 bits per heavy atom. The molecule has 0 heterocycles. The zero-order valence-corrected chi connectivity index (χ0v) is 28.9. The van der Waals surface area contributed by atoms with Crippen molar-refractivity contribution in [2.75, 3.05) is 25.0 Å². The Hall–Kier alpha value is -1.47. The molecule has 0 aromatic rings. The first kappa shape index (κ1) is 43.7. The monoisotopic (exact) mass is 651 g/mol. The maximum absolute atomic E-state index is 11.7. The first-order valence-corrected chi connectivity index (χ1v) is 18.1. The summed E-state index contributed by atoms with van der Waals surface area (Å²) in [5.41, 5.74) is 4.67. The van der Waals surface area contributed by atoms with Crippen LogP contribution in [0.25, 0.3) is 0 Å². The van der Waals surface area contributed by atoms with Crippen molar-refractivity contribution < 1.29 is 28.6 Å². The topological polar surface area (TPSA) is 105 Å². The fourth-order valence-electron chi connectivity index (χ4n) is 4.38. The molecule has 0 atom stereocenters. The molecule has 254 valence electrons. The molecule has 1 amide bonds. The third kappa shape index (κ3) is 38.5. The highest BCUT2D eigenvalue weighted by Gasteiger charge is 2.08. The van der Waals surface area contributed by atoms with Gasteiger partial charge in [0.2, 0.25) is 0 Å². The molecule has 0 saturated carbocycles. The smallest absolute Gasteiger partial charge is 0.404 e. The summed E-state index contributed by atoms with van der Waals surface area (Å²) < 4.78 is 14.7. The molecule has 2 N–H and O–H groups in total. The Morgan fingerprint density at radius 1 is 0.535 bits per heavy atom. The summed E-state index contributed by atoms with van der Waals surface area (Å²) in [4.78, 5) is 33.4. The number of carbonyl (C=O) groups excluding carboxylic acids is 3. The average Bonchev–Trinajstić information content (AvgIpc) is 3.00. The van der Waals surface area contributed by atoms with Crippen molar-refractivity contribution in [1.82, 2.24) is 0 Å². The minimum absolute atomic E-state index is 0.173. The van der Waals surface area contributed by atoms with Crippen LogP contribution in [0.1, 0.15) is 155 Å². The van der Waals surface area contributed by atoms with Crippen LogP contribution < -0.4 is 5.73 Å². The molecule has 0 aliphatic heterocycles. The third-order valence-electron chi connectivity index (χ3n) is 6.97. The summed E-state index contributed by atoms with van der Waals surface area (Å²) in [6.07, 6.45) is 28.9. The number of unbranched alkanes of at least 4 members (excludes halogenated alkanes) is 20. The summed E-state index contributed by atoms with van der Waals surface area (Å²) in [7, 11) is 0. The molecular weight excluding hydrogens is 589 g/mol. The SMILES string of the molecule is CCCCCCCCCCCCCOC(=O)/C=C/C(=O)OCCCCCCCCCCCCC.NC(=O)OC(CCl)CCl. The van der Waals surface area contributed by atoms with Gasteiger partial charge in [0.1, 0.15) is 6.10 Å². The van der Waals surface area contributed by atoms with Gasteiger partial charge in [0.25, 0.3) is 0 Å². The van der Waals surface area contributed by atoms with Crippen LogP contribution in [0, 0.1) is 0 Å². The highest BCUT2D eigenvalue weighted by molar-refractivity contribution is 6.21. The number of carbonyl (C=O) groups is 3. The van der Waals surface area contributed by atoms with Gasteiger partial charge in [0.05, 0.1) is 25.0 Å². The van der Waals surface area contributed by atoms with E-state index >= 15 is 0 Å². The molecule has 7 nitrogen and oxygen atoms in total. The van der Waals surface area contributed by atoms with Crippen LogP contribution in [0.2, 0.25) is 0 Å². The second-order valence-corrected chi connectivity index (χ2v) is 11.7. The van der Waals surface area contributed by atoms with Gasteiger partial charge in [-0.15, -0.1) is 23.2 Å². The largest absolute Gasteiger partial charge is 0.463 e. The van der Waals surface area contributed by atoms with Crippen LogP contribution in [0.3, 0.4) is 0 Å². The summed E-state index contributed by atoms with van der Waals surface area (Å²) in [5.74, 6) is -0.573. The highest BCUT2D eigenvalue weighted by Crippen LogP contribution is 2.12.